The highest BCUT2D eigenvalue weighted by atomic mass is 35.5. The van der Waals surface area contributed by atoms with Crippen LogP contribution in [-0.4, -0.2) is 45.3 Å². The smallest absolute Gasteiger partial charge is 0.255 e. The summed E-state index contributed by atoms with van der Waals surface area (Å²) in [6, 6.07) is 12.9. The molecule has 0 spiro atoms. The van der Waals surface area contributed by atoms with E-state index in [1.165, 1.54) is 0 Å². The Morgan fingerprint density at radius 2 is 1.93 bits per heavy atom. The molecular weight excluding hydrogens is 376 g/mol. The van der Waals surface area contributed by atoms with Gasteiger partial charge in [-0.1, -0.05) is 11.6 Å². The topological polar surface area (TPSA) is 60.2 Å². The lowest BCUT2D eigenvalue weighted by atomic mass is 9.97. The van der Waals surface area contributed by atoms with Crippen LogP contribution < -0.4 is 4.74 Å². The number of hydrogen-bond acceptors (Lipinski definition) is 4. The van der Waals surface area contributed by atoms with Crippen molar-refractivity contribution >= 4 is 17.5 Å². The molecule has 0 N–H and O–H groups in total. The van der Waals surface area contributed by atoms with Crippen molar-refractivity contribution in [3.05, 3.63) is 71.6 Å². The van der Waals surface area contributed by atoms with Crippen molar-refractivity contribution in [1.82, 2.24) is 19.7 Å². The largest absolute Gasteiger partial charge is 0.493 e. The number of halogens is 1. The molecule has 28 heavy (non-hydrogen) atoms. The van der Waals surface area contributed by atoms with Crippen LogP contribution >= 0.6 is 11.6 Å². The summed E-state index contributed by atoms with van der Waals surface area (Å²) in [6.07, 6.45) is 6.99. The van der Waals surface area contributed by atoms with Crippen molar-refractivity contribution in [2.75, 3.05) is 19.7 Å². The van der Waals surface area contributed by atoms with Crippen molar-refractivity contribution in [3.8, 4) is 11.6 Å². The number of ether oxygens (including phenoxy) is 1. The third-order valence-electron chi connectivity index (χ3n) is 4.94. The van der Waals surface area contributed by atoms with Gasteiger partial charge in [0, 0.05) is 36.7 Å². The summed E-state index contributed by atoms with van der Waals surface area (Å²) in [5.41, 5.74) is 0.603. The van der Waals surface area contributed by atoms with E-state index in [1.54, 1.807) is 17.1 Å². The van der Waals surface area contributed by atoms with Crippen molar-refractivity contribution in [1.29, 1.82) is 0 Å². The zero-order chi connectivity index (χ0) is 19.3. The highest BCUT2D eigenvalue weighted by molar-refractivity contribution is 6.30. The Morgan fingerprint density at radius 3 is 2.57 bits per heavy atom. The summed E-state index contributed by atoms with van der Waals surface area (Å²) in [4.78, 5) is 19.0. The van der Waals surface area contributed by atoms with Gasteiger partial charge in [0.2, 0.25) is 0 Å². The molecule has 0 radical (unpaired) electrons. The van der Waals surface area contributed by atoms with Crippen LogP contribution in [0.2, 0.25) is 5.02 Å². The first kappa shape index (κ1) is 18.5. The average Bonchev–Trinajstić information content (AvgIpc) is 3.28. The van der Waals surface area contributed by atoms with Gasteiger partial charge in [0.25, 0.3) is 5.91 Å². The first-order valence-electron chi connectivity index (χ1n) is 9.33. The minimum atomic E-state index is 0.0246. The lowest BCUT2D eigenvalue weighted by molar-refractivity contribution is 0.0660. The maximum Gasteiger partial charge on any atom is 0.255 e. The maximum absolute atomic E-state index is 12.7. The molecule has 0 saturated carbocycles. The van der Waals surface area contributed by atoms with Gasteiger partial charge in [-0.15, -0.1) is 0 Å². The number of carbonyl (C=O) groups excluding carboxylic acids is 1. The molecule has 1 amide bonds. The lowest BCUT2D eigenvalue weighted by Crippen LogP contribution is -2.39. The normalized spacial score (nSPS) is 14.8. The summed E-state index contributed by atoms with van der Waals surface area (Å²) in [5.74, 6) is 1.99. The fourth-order valence-corrected chi connectivity index (χ4v) is 3.41. The number of nitrogens with zero attached hydrogens (tertiary/aromatic N) is 4. The van der Waals surface area contributed by atoms with E-state index in [4.69, 9.17) is 16.3 Å². The molecule has 1 saturated heterocycles. The number of likely N-dealkylation sites (tertiary alicyclic amines) is 1. The molecule has 0 atom stereocenters. The first-order chi connectivity index (χ1) is 13.7. The second-order valence-electron chi connectivity index (χ2n) is 6.86. The van der Waals surface area contributed by atoms with Crippen LogP contribution in [0, 0.1) is 5.92 Å². The minimum Gasteiger partial charge on any atom is -0.493 e. The van der Waals surface area contributed by atoms with Gasteiger partial charge in [0.15, 0.2) is 5.82 Å². The predicted molar refractivity (Wildman–Crippen MR) is 107 cm³/mol. The van der Waals surface area contributed by atoms with Gasteiger partial charge >= 0.3 is 0 Å². The van der Waals surface area contributed by atoms with Gasteiger partial charge in [0.05, 0.1) is 12.2 Å². The molecule has 0 aliphatic carbocycles. The number of carbonyl (C=O) groups is 1. The summed E-state index contributed by atoms with van der Waals surface area (Å²) < 4.78 is 7.52. The zero-order valence-electron chi connectivity index (χ0n) is 15.4. The molecule has 0 bridgehead atoms. The Kier molecular flexibility index (Phi) is 5.58. The molecule has 3 heterocycles. The molecule has 4 rings (SSSR count). The Balaban J connectivity index is 1.28. The van der Waals surface area contributed by atoms with Gasteiger partial charge in [-0.3, -0.25) is 4.79 Å². The Bertz CT molecular complexity index is 903. The van der Waals surface area contributed by atoms with Crippen molar-refractivity contribution in [2.24, 2.45) is 5.92 Å². The summed E-state index contributed by atoms with van der Waals surface area (Å²) in [7, 11) is 0. The van der Waals surface area contributed by atoms with Crippen LogP contribution in [0.5, 0.6) is 5.75 Å². The van der Waals surface area contributed by atoms with Gasteiger partial charge in [-0.25, -0.2) is 9.67 Å². The average molecular weight is 397 g/mol. The van der Waals surface area contributed by atoms with Crippen LogP contribution in [0.25, 0.3) is 5.82 Å². The van der Waals surface area contributed by atoms with Gasteiger partial charge in [0.1, 0.15) is 5.75 Å². The van der Waals surface area contributed by atoms with E-state index in [1.807, 2.05) is 53.6 Å². The fourth-order valence-electron chi connectivity index (χ4n) is 3.28. The third-order valence-corrected chi connectivity index (χ3v) is 5.19. The van der Waals surface area contributed by atoms with E-state index in [0.717, 1.165) is 31.7 Å². The van der Waals surface area contributed by atoms with Gasteiger partial charge in [-0.05, 0) is 61.2 Å². The minimum absolute atomic E-state index is 0.0246. The highest BCUT2D eigenvalue weighted by Crippen LogP contribution is 2.22. The number of rotatable bonds is 5. The van der Waals surface area contributed by atoms with E-state index >= 15 is 0 Å². The molecule has 1 fully saturated rings. The standard InChI is InChI=1S/C21H21ClN4O2/c22-18-3-5-19(6-4-18)28-15-16-8-12-25(13-9-16)21(27)17-2-7-20(23-14-17)26-11-1-10-24-26/h1-7,10-11,14,16H,8-9,12-13,15H2. The van der Waals surface area contributed by atoms with E-state index in [0.29, 0.717) is 28.9 Å². The van der Waals surface area contributed by atoms with Gasteiger partial charge < -0.3 is 9.64 Å². The number of aromatic nitrogens is 3. The van der Waals surface area contributed by atoms with E-state index < -0.39 is 0 Å². The molecule has 6 nitrogen and oxygen atoms in total. The molecule has 144 valence electrons. The summed E-state index contributed by atoms with van der Waals surface area (Å²) in [5, 5.41) is 4.84. The molecule has 0 unspecified atom stereocenters. The monoisotopic (exact) mass is 396 g/mol. The molecule has 3 aromatic rings. The number of piperidine rings is 1. The molecule has 7 heteroatoms. The molecular formula is C21H21ClN4O2. The summed E-state index contributed by atoms with van der Waals surface area (Å²) in [6.45, 7) is 2.12. The van der Waals surface area contributed by atoms with E-state index in [9.17, 15) is 4.79 Å². The number of pyridine rings is 1. The second-order valence-corrected chi connectivity index (χ2v) is 7.29. The number of hydrogen-bond donors (Lipinski definition) is 0. The maximum atomic E-state index is 12.7. The second kappa shape index (κ2) is 8.44. The Hall–Kier alpha value is -2.86. The SMILES string of the molecule is O=C(c1ccc(-n2cccn2)nc1)N1CCC(COc2ccc(Cl)cc2)CC1. The van der Waals surface area contributed by atoms with Crippen molar-refractivity contribution in [3.63, 3.8) is 0 Å². The number of amides is 1. The van der Waals surface area contributed by atoms with Crippen LogP contribution in [-0.2, 0) is 0 Å². The van der Waals surface area contributed by atoms with Crippen LogP contribution in [0.3, 0.4) is 0 Å². The molecule has 1 aromatic carbocycles. The molecule has 1 aliphatic rings. The Morgan fingerprint density at radius 1 is 1.14 bits per heavy atom. The lowest BCUT2D eigenvalue weighted by Gasteiger charge is -2.32. The number of benzene rings is 1. The van der Waals surface area contributed by atoms with Crippen LogP contribution in [0.4, 0.5) is 0 Å². The van der Waals surface area contributed by atoms with E-state index in [2.05, 4.69) is 10.1 Å². The van der Waals surface area contributed by atoms with Gasteiger partial charge in [-0.2, -0.15) is 5.10 Å². The molecule has 1 aliphatic heterocycles. The van der Waals surface area contributed by atoms with Crippen molar-refractivity contribution < 1.29 is 9.53 Å². The highest BCUT2D eigenvalue weighted by Gasteiger charge is 2.24. The third kappa shape index (κ3) is 4.34. The summed E-state index contributed by atoms with van der Waals surface area (Å²) >= 11 is 5.89. The fraction of sp³-hybridized carbons (Fsp3) is 0.286. The zero-order valence-corrected chi connectivity index (χ0v) is 16.1. The Labute approximate surface area is 168 Å². The quantitative estimate of drug-likeness (QED) is 0.657. The predicted octanol–water partition coefficient (Wildman–Crippen LogP) is 3.85. The first-order valence-corrected chi connectivity index (χ1v) is 9.70. The van der Waals surface area contributed by atoms with Crippen molar-refractivity contribution in [2.45, 2.75) is 12.8 Å². The van der Waals surface area contributed by atoms with E-state index in [-0.39, 0.29) is 5.91 Å². The van der Waals surface area contributed by atoms with Crippen LogP contribution in [0.15, 0.2) is 61.1 Å². The van der Waals surface area contributed by atoms with Crippen LogP contribution in [0.1, 0.15) is 23.2 Å². The molecule has 2 aromatic heterocycles.